The fraction of sp³-hybridized carbons (Fsp3) is 1.00. The van der Waals surface area contributed by atoms with E-state index in [1.807, 2.05) is 0 Å². The topological polar surface area (TPSA) is 68.2 Å². The van der Waals surface area contributed by atoms with Gasteiger partial charge in [-0.05, 0) is 0 Å². The van der Waals surface area contributed by atoms with Crippen molar-refractivity contribution in [1.82, 2.24) is 0 Å². The molecule has 0 spiro atoms. The maximum absolute atomic E-state index is 8.98. The van der Waals surface area contributed by atoms with Gasteiger partial charge in [-0.1, -0.05) is 0 Å². The fourth-order valence-corrected chi connectivity index (χ4v) is 1.59. The Morgan fingerprint density at radius 3 is 2.00 bits per heavy atom. The van der Waals surface area contributed by atoms with Gasteiger partial charge in [0.05, 0.1) is 0 Å². The van der Waals surface area contributed by atoms with Crippen LogP contribution in [0.5, 0.6) is 0 Å². The van der Waals surface area contributed by atoms with Crippen LogP contribution >= 0.6 is 7.74 Å². The molecule has 0 aromatic rings. The van der Waals surface area contributed by atoms with Crippen molar-refractivity contribution in [3.05, 3.63) is 0 Å². The molecular formula is C3H9O5P. The van der Waals surface area contributed by atoms with Crippen LogP contribution in [0.2, 0.25) is 0 Å². The van der Waals surface area contributed by atoms with Crippen LogP contribution in [0.15, 0.2) is 0 Å². The minimum atomic E-state index is -4.52. The molecule has 1 heterocycles. The fourth-order valence-electron chi connectivity index (χ4n) is 0.530. The van der Waals surface area contributed by atoms with Crippen LogP contribution in [-0.4, -0.2) is 30.1 Å². The van der Waals surface area contributed by atoms with Crippen LogP contribution in [-0.2, 0) is 13.6 Å². The van der Waals surface area contributed by atoms with E-state index in [9.17, 15) is 0 Å². The third-order valence-electron chi connectivity index (χ3n) is 1.02. The number of hydrogen-bond donors (Lipinski definition) is 2. The van der Waals surface area contributed by atoms with Crippen molar-refractivity contribution < 1.29 is 23.4 Å². The Labute approximate surface area is 52.5 Å². The van der Waals surface area contributed by atoms with Gasteiger partial charge in [-0.15, -0.1) is 0 Å². The van der Waals surface area contributed by atoms with E-state index in [0.717, 1.165) is 7.11 Å². The predicted molar refractivity (Wildman–Crippen MR) is 30.3 cm³/mol. The van der Waals surface area contributed by atoms with Crippen molar-refractivity contribution >= 4 is 7.74 Å². The molecule has 0 aromatic carbocycles. The van der Waals surface area contributed by atoms with Crippen LogP contribution in [0.4, 0.5) is 0 Å². The van der Waals surface area contributed by atoms with Gasteiger partial charge in [0.15, 0.2) is 0 Å². The molecule has 1 aliphatic heterocycles. The molecule has 0 unspecified atom stereocenters. The van der Waals surface area contributed by atoms with E-state index in [1.165, 1.54) is 0 Å². The Hall–Kier alpha value is 0.230. The standard InChI is InChI=1S/C3H9O5P/c1-6-9(4,5)7-2-3-8-9/h4-5H,2-3H2,1H3. The van der Waals surface area contributed by atoms with Gasteiger partial charge in [0.25, 0.3) is 0 Å². The summed E-state index contributed by atoms with van der Waals surface area (Å²) in [5.74, 6) is 0. The van der Waals surface area contributed by atoms with E-state index in [2.05, 4.69) is 13.6 Å². The molecule has 6 heteroatoms. The average molecular weight is 156 g/mol. The van der Waals surface area contributed by atoms with Gasteiger partial charge in [-0.25, -0.2) is 0 Å². The third-order valence-corrected chi connectivity index (χ3v) is 2.89. The summed E-state index contributed by atoms with van der Waals surface area (Å²) in [5.41, 5.74) is 0. The summed E-state index contributed by atoms with van der Waals surface area (Å²) in [6.45, 7) is 0.331. The van der Waals surface area contributed by atoms with Crippen molar-refractivity contribution in [1.29, 1.82) is 0 Å². The second-order valence-electron chi connectivity index (χ2n) is 1.65. The molecule has 9 heavy (non-hydrogen) atoms. The molecule has 5 nitrogen and oxygen atoms in total. The first kappa shape index (κ1) is 7.34. The van der Waals surface area contributed by atoms with E-state index in [0.29, 0.717) is 0 Å². The van der Waals surface area contributed by atoms with E-state index in [4.69, 9.17) is 9.79 Å². The summed E-state index contributed by atoms with van der Waals surface area (Å²) in [7, 11) is -3.39. The van der Waals surface area contributed by atoms with Crippen LogP contribution in [0, 0.1) is 0 Å². The second-order valence-corrected chi connectivity index (χ2v) is 4.14. The summed E-state index contributed by atoms with van der Waals surface area (Å²) in [5, 5.41) is 0. The maximum atomic E-state index is 8.98. The van der Waals surface area contributed by atoms with Crippen LogP contribution in [0.25, 0.3) is 0 Å². The molecule has 0 radical (unpaired) electrons. The first-order valence-electron chi connectivity index (χ1n) is 2.43. The minimum absolute atomic E-state index is 0.165. The molecule has 1 aliphatic rings. The molecule has 0 atom stereocenters. The molecular weight excluding hydrogens is 147 g/mol. The van der Waals surface area contributed by atoms with E-state index in [-0.39, 0.29) is 13.2 Å². The van der Waals surface area contributed by atoms with Crippen molar-refractivity contribution in [2.24, 2.45) is 0 Å². The molecule has 1 fully saturated rings. The van der Waals surface area contributed by atoms with Gasteiger partial charge >= 0.3 is 51.4 Å². The van der Waals surface area contributed by atoms with Crippen molar-refractivity contribution in [3.8, 4) is 0 Å². The normalized spacial score (nSPS) is 35.2. The van der Waals surface area contributed by atoms with E-state index >= 15 is 0 Å². The van der Waals surface area contributed by atoms with Crippen LogP contribution < -0.4 is 0 Å². The Bertz CT molecular complexity index is 113. The Morgan fingerprint density at radius 1 is 1.33 bits per heavy atom. The SMILES string of the molecule is COP1(O)(O)OCCO1. The van der Waals surface area contributed by atoms with E-state index < -0.39 is 7.74 Å². The summed E-state index contributed by atoms with van der Waals surface area (Å²) >= 11 is 0. The zero-order valence-corrected chi connectivity index (χ0v) is 5.88. The van der Waals surface area contributed by atoms with Gasteiger partial charge in [-0.3, -0.25) is 0 Å². The van der Waals surface area contributed by atoms with Crippen LogP contribution in [0.1, 0.15) is 0 Å². The Kier molecular flexibility index (Phi) is 1.51. The summed E-state index contributed by atoms with van der Waals surface area (Å²) in [6.07, 6.45) is 0. The molecule has 1 rings (SSSR count). The molecule has 2 N–H and O–H groups in total. The van der Waals surface area contributed by atoms with Crippen molar-refractivity contribution in [2.45, 2.75) is 0 Å². The summed E-state index contributed by atoms with van der Waals surface area (Å²) in [4.78, 5) is 18.0. The third kappa shape index (κ3) is 1.38. The van der Waals surface area contributed by atoms with Crippen molar-refractivity contribution in [3.63, 3.8) is 0 Å². The first-order valence-corrected chi connectivity index (χ1v) is 4.33. The number of hydrogen-bond acceptors (Lipinski definition) is 5. The van der Waals surface area contributed by atoms with Gasteiger partial charge < -0.3 is 0 Å². The van der Waals surface area contributed by atoms with Gasteiger partial charge in [0.2, 0.25) is 0 Å². The van der Waals surface area contributed by atoms with Gasteiger partial charge in [0, 0.05) is 0 Å². The molecule has 0 aliphatic carbocycles. The number of rotatable bonds is 1. The zero-order valence-electron chi connectivity index (χ0n) is 4.98. The van der Waals surface area contributed by atoms with Gasteiger partial charge in [0.1, 0.15) is 0 Å². The quantitative estimate of drug-likeness (QED) is 0.514. The first-order chi connectivity index (χ1) is 4.05. The summed E-state index contributed by atoms with van der Waals surface area (Å²) in [6, 6.07) is 0. The molecule has 56 valence electrons. The van der Waals surface area contributed by atoms with E-state index in [1.54, 1.807) is 0 Å². The van der Waals surface area contributed by atoms with Gasteiger partial charge in [-0.2, -0.15) is 0 Å². The second kappa shape index (κ2) is 1.85. The van der Waals surface area contributed by atoms with Crippen molar-refractivity contribution in [2.75, 3.05) is 20.3 Å². The average Bonchev–Trinajstić information content (AvgIpc) is 2.14. The molecule has 0 amide bonds. The Morgan fingerprint density at radius 2 is 1.78 bits per heavy atom. The predicted octanol–water partition coefficient (Wildman–Crippen LogP) is -0.208. The molecule has 0 aromatic heterocycles. The monoisotopic (exact) mass is 156 g/mol. The molecule has 1 saturated heterocycles. The molecule has 0 saturated carbocycles. The summed E-state index contributed by atoms with van der Waals surface area (Å²) < 4.78 is 13.2. The van der Waals surface area contributed by atoms with Crippen LogP contribution in [0.3, 0.4) is 0 Å². The molecule has 0 bridgehead atoms. The Balaban J connectivity index is 2.68. The zero-order chi connectivity index (χ0) is 6.98.